The molecule has 0 atom stereocenters. The zero-order chi connectivity index (χ0) is 22.0. The van der Waals surface area contributed by atoms with Crippen molar-refractivity contribution in [3.63, 3.8) is 0 Å². The highest BCUT2D eigenvalue weighted by molar-refractivity contribution is 6.05. The molecule has 0 spiro atoms. The van der Waals surface area contributed by atoms with Gasteiger partial charge in [-0.05, 0) is 48.4 Å². The number of allylic oxidation sites excluding steroid dienone is 1. The molecule has 1 aromatic heterocycles. The minimum atomic E-state index is -0.511. The highest BCUT2D eigenvalue weighted by Gasteiger charge is 2.15. The molecule has 0 bridgehead atoms. The van der Waals surface area contributed by atoms with Crippen molar-refractivity contribution in [2.24, 2.45) is 0 Å². The number of carbonyl (C=O) groups is 1. The van der Waals surface area contributed by atoms with Gasteiger partial charge in [-0.2, -0.15) is 0 Å². The van der Waals surface area contributed by atoms with Crippen molar-refractivity contribution in [2.75, 3.05) is 12.4 Å². The van der Waals surface area contributed by atoms with Crippen LogP contribution >= 0.6 is 0 Å². The molecule has 31 heavy (non-hydrogen) atoms. The summed E-state index contributed by atoms with van der Waals surface area (Å²) in [5, 5.41) is 3.33. The lowest BCUT2D eigenvalue weighted by atomic mass is 9.99. The number of fused-ring (bicyclic) bond motifs is 1. The van der Waals surface area contributed by atoms with E-state index in [4.69, 9.17) is 9.15 Å². The SMILES string of the molecule is COc1cc2occ(-c3ccc(F)cc3)c2cc1/C(C)=C/C(=O)Nc1ccccc1F. The van der Waals surface area contributed by atoms with E-state index in [9.17, 15) is 13.6 Å². The molecule has 0 aliphatic heterocycles. The van der Waals surface area contributed by atoms with E-state index in [1.165, 1.54) is 37.5 Å². The number of anilines is 1. The molecule has 0 saturated carbocycles. The average molecular weight is 419 g/mol. The van der Waals surface area contributed by atoms with Crippen LogP contribution < -0.4 is 10.1 Å². The van der Waals surface area contributed by atoms with Crippen LogP contribution in [0, 0.1) is 11.6 Å². The lowest BCUT2D eigenvalue weighted by Crippen LogP contribution is -2.10. The van der Waals surface area contributed by atoms with Crippen LogP contribution in [0.15, 0.2) is 77.4 Å². The van der Waals surface area contributed by atoms with Crippen LogP contribution in [0.2, 0.25) is 0 Å². The maximum absolute atomic E-state index is 13.8. The van der Waals surface area contributed by atoms with Gasteiger partial charge in [0, 0.05) is 28.7 Å². The van der Waals surface area contributed by atoms with E-state index < -0.39 is 11.7 Å². The first-order valence-electron chi connectivity index (χ1n) is 9.55. The number of methoxy groups -OCH3 is 1. The first-order valence-corrected chi connectivity index (χ1v) is 9.55. The van der Waals surface area contributed by atoms with E-state index in [0.717, 1.165) is 16.5 Å². The summed E-state index contributed by atoms with van der Waals surface area (Å²) >= 11 is 0. The van der Waals surface area contributed by atoms with Crippen molar-refractivity contribution >= 4 is 28.1 Å². The van der Waals surface area contributed by atoms with E-state index in [0.29, 0.717) is 22.5 Å². The fraction of sp³-hybridized carbons (Fsp3) is 0.0800. The summed E-state index contributed by atoms with van der Waals surface area (Å²) in [7, 11) is 1.53. The monoisotopic (exact) mass is 419 g/mol. The highest BCUT2D eigenvalue weighted by atomic mass is 19.1. The van der Waals surface area contributed by atoms with Gasteiger partial charge in [-0.1, -0.05) is 24.3 Å². The molecule has 4 nitrogen and oxygen atoms in total. The van der Waals surface area contributed by atoms with Gasteiger partial charge in [-0.25, -0.2) is 8.78 Å². The molecule has 156 valence electrons. The molecular weight excluding hydrogens is 400 g/mol. The van der Waals surface area contributed by atoms with Crippen LogP contribution in [0.4, 0.5) is 14.5 Å². The first kappa shape index (κ1) is 20.3. The molecule has 0 fully saturated rings. The Bertz CT molecular complexity index is 1290. The molecular formula is C25H19F2NO3. The topological polar surface area (TPSA) is 51.5 Å². The quantitative estimate of drug-likeness (QED) is 0.379. The molecule has 4 aromatic rings. The Kier molecular flexibility index (Phi) is 5.54. The van der Waals surface area contributed by atoms with E-state index >= 15 is 0 Å². The van der Waals surface area contributed by atoms with Crippen LogP contribution in [0.3, 0.4) is 0 Å². The molecule has 0 aliphatic rings. The van der Waals surface area contributed by atoms with Gasteiger partial charge >= 0.3 is 0 Å². The van der Waals surface area contributed by atoms with Crippen molar-refractivity contribution < 1.29 is 22.7 Å². The number of hydrogen-bond acceptors (Lipinski definition) is 3. The second kappa shape index (κ2) is 8.44. The summed E-state index contributed by atoms with van der Waals surface area (Å²) in [4.78, 5) is 12.4. The van der Waals surface area contributed by atoms with E-state index in [1.54, 1.807) is 43.5 Å². The van der Waals surface area contributed by atoms with E-state index in [-0.39, 0.29) is 11.5 Å². The Morgan fingerprint density at radius 1 is 1.06 bits per heavy atom. The standard InChI is InChI=1S/C25H19F2NO3/c1-15(11-25(29)28-22-6-4-3-5-21(22)27)18-12-19-20(16-7-9-17(26)10-8-16)14-31-24(19)13-23(18)30-2/h3-14H,1-2H3,(H,28,29)/b15-11+. The summed E-state index contributed by atoms with van der Waals surface area (Å²) < 4.78 is 38.3. The van der Waals surface area contributed by atoms with Crippen LogP contribution in [-0.2, 0) is 4.79 Å². The number of halogens is 2. The fourth-order valence-corrected chi connectivity index (χ4v) is 3.39. The van der Waals surface area contributed by atoms with Gasteiger partial charge < -0.3 is 14.5 Å². The van der Waals surface area contributed by atoms with Crippen LogP contribution in [0.25, 0.3) is 27.7 Å². The Morgan fingerprint density at radius 2 is 1.81 bits per heavy atom. The average Bonchev–Trinajstić information content (AvgIpc) is 3.17. The number of hydrogen-bond donors (Lipinski definition) is 1. The van der Waals surface area contributed by atoms with Crippen LogP contribution in [0.1, 0.15) is 12.5 Å². The molecule has 1 N–H and O–H groups in total. The lowest BCUT2D eigenvalue weighted by Gasteiger charge is -2.10. The molecule has 1 heterocycles. The Labute approximate surface area is 177 Å². The summed E-state index contributed by atoms with van der Waals surface area (Å²) in [5.74, 6) is -0.766. The third-order valence-electron chi connectivity index (χ3n) is 4.96. The van der Waals surface area contributed by atoms with E-state index in [1.807, 2.05) is 6.07 Å². The van der Waals surface area contributed by atoms with Crippen molar-refractivity contribution in [3.8, 4) is 16.9 Å². The largest absolute Gasteiger partial charge is 0.496 e. The zero-order valence-corrected chi connectivity index (χ0v) is 16.9. The lowest BCUT2D eigenvalue weighted by molar-refractivity contribution is -0.111. The number of furan rings is 1. The smallest absolute Gasteiger partial charge is 0.248 e. The number of amides is 1. The Morgan fingerprint density at radius 3 is 2.52 bits per heavy atom. The zero-order valence-electron chi connectivity index (χ0n) is 16.9. The molecule has 6 heteroatoms. The molecule has 0 aliphatic carbocycles. The highest BCUT2D eigenvalue weighted by Crippen LogP contribution is 2.37. The summed E-state index contributed by atoms with van der Waals surface area (Å²) in [6, 6.07) is 15.7. The van der Waals surface area contributed by atoms with Gasteiger partial charge in [0.15, 0.2) is 0 Å². The van der Waals surface area contributed by atoms with E-state index in [2.05, 4.69) is 5.32 Å². The summed E-state index contributed by atoms with van der Waals surface area (Å²) in [6.45, 7) is 1.77. The number of benzene rings is 3. The molecule has 4 rings (SSSR count). The van der Waals surface area contributed by atoms with Gasteiger partial charge in [0.1, 0.15) is 23.0 Å². The predicted octanol–water partition coefficient (Wildman–Crippen LogP) is 6.43. The van der Waals surface area contributed by atoms with Gasteiger partial charge in [0.05, 0.1) is 19.1 Å². The molecule has 0 radical (unpaired) electrons. The first-order chi connectivity index (χ1) is 15.0. The fourth-order valence-electron chi connectivity index (χ4n) is 3.39. The van der Waals surface area contributed by atoms with Gasteiger partial charge in [-0.15, -0.1) is 0 Å². The van der Waals surface area contributed by atoms with Gasteiger partial charge in [0.2, 0.25) is 5.91 Å². The number of carbonyl (C=O) groups excluding carboxylic acids is 1. The third-order valence-corrected chi connectivity index (χ3v) is 4.96. The van der Waals surface area contributed by atoms with Crippen molar-refractivity contribution in [2.45, 2.75) is 6.92 Å². The number of rotatable bonds is 5. The van der Waals surface area contributed by atoms with Crippen LogP contribution in [0.5, 0.6) is 5.75 Å². The maximum Gasteiger partial charge on any atom is 0.248 e. The molecule has 3 aromatic carbocycles. The second-order valence-electron chi connectivity index (χ2n) is 7.00. The van der Waals surface area contributed by atoms with Crippen molar-refractivity contribution in [1.29, 1.82) is 0 Å². The minimum absolute atomic E-state index is 0.104. The van der Waals surface area contributed by atoms with Gasteiger partial charge in [-0.3, -0.25) is 4.79 Å². The summed E-state index contributed by atoms with van der Waals surface area (Å²) in [6.07, 6.45) is 2.98. The Balaban J connectivity index is 1.72. The third kappa shape index (κ3) is 4.19. The number of ether oxygens (including phenoxy) is 1. The second-order valence-corrected chi connectivity index (χ2v) is 7.00. The van der Waals surface area contributed by atoms with Crippen molar-refractivity contribution in [1.82, 2.24) is 0 Å². The van der Waals surface area contributed by atoms with Gasteiger partial charge in [0.25, 0.3) is 0 Å². The van der Waals surface area contributed by atoms with Crippen molar-refractivity contribution in [3.05, 3.63) is 90.2 Å². The molecule has 1 amide bonds. The predicted molar refractivity (Wildman–Crippen MR) is 117 cm³/mol. The maximum atomic E-state index is 13.8. The molecule has 0 saturated heterocycles. The number of para-hydroxylation sites is 1. The van der Waals surface area contributed by atoms with Crippen LogP contribution in [-0.4, -0.2) is 13.0 Å². The normalized spacial score (nSPS) is 11.5. The summed E-state index contributed by atoms with van der Waals surface area (Å²) in [5.41, 5.74) is 3.61. The number of nitrogens with one attached hydrogen (secondary N) is 1. The molecule has 0 unspecified atom stereocenters. The minimum Gasteiger partial charge on any atom is -0.496 e. The Hall–Kier alpha value is -3.93.